The zero-order valence-corrected chi connectivity index (χ0v) is 14.3. The molecule has 7 nitrogen and oxygen atoms in total. The van der Waals surface area contributed by atoms with E-state index >= 15 is 0 Å². The number of hydrogen-bond acceptors (Lipinski definition) is 5. The molecule has 1 atom stereocenters. The van der Waals surface area contributed by atoms with E-state index in [2.05, 4.69) is 15.8 Å². The van der Waals surface area contributed by atoms with Gasteiger partial charge in [-0.3, -0.25) is 14.9 Å². The Morgan fingerprint density at radius 1 is 1.16 bits per heavy atom. The molecule has 0 spiro atoms. The van der Waals surface area contributed by atoms with Gasteiger partial charge in [-0.2, -0.15) is 5.10 Å². The van der Waals surface area contributed by atoms with E-state index in [9.17, 15) is 14.9 Å². The van der Waals surface area contributed by atoms with Crippen LogP contribution in [-0.4, -0.2) is 23.1 Å². The number of hydrazone groups is 1. The molecular formula is C18H20N4O3. The lowest BCUT2D eigenvalue weighted by molar-refractivity contribution is -0.385. The molecular weight excluding hydrogens is 320 g/mol. The monoisotopic (exact) mass is 340 g/mol. The van der Waals surface area contributed by atoms with E-state index in [4.69, 9.17) is 0 Å². The lowest BCUT2D eigenvalue weighted by Gasteiger charge is -2.17. The first-order valence-corrected chi connectivity index (χ1v) is 7.79. The smallest absolute Gasteiger partial charge is 0.278 e. The molecule has 0 aliphatic carbocycles. The van der Waals surface area contributed by atoms with Gasteiger partial charge in [-0.05, 0) is 38.0 Å². The van der Waals surface area contributed by atoms with Crippen LogP contribution in [0.25, 0.3) is 0 Å². The molecule has 0 fully saturated rings. The number of hydrogen-bond donors (Lipinski definition) is 2. The molecule has 0 aliphatic rings. The number of carbonyl (C=O) groups is 1. The Balaban J connectivity index is 2.02. The molecule has 2 aromatic carbocycles. The maximum absolute atomic E-state index is 12.2. The minimum absolute atomic E-state index is 0.0674. The van der Waals surface area contributed by atoms with Crippen molar-refractivity contribution in [3.8, 4) is 0 Å². The van der Waals surface area contributed by atoms with Crippen LogP contribution < -0.4 is 10.7 Å². The number of rotatable bonds is 6. The van der Waals surface area contributed by atoms with Gasteiger partial charge in [-0.25, -0.2) is 5.43 Å². The molecule has 2 N–H and O–H groups in total. The molecule has 0 radical (unpaired) electrons. The molecule has 2 aromatic rings. The zero-order valence-electron chi connectivity index (χ0n) is 14.3. The van der Waals surface area contributed by atoms with Gasteiger partial charge in [-0.1, -0.05) is 30.3 Å². The molecule has 7 heteroatoms. The SMILES string of the molecule is Cc1cccc(C)c1N[C@@H](C)C(=O)N/N=C\c1ccccc1[N+](=O)[O-]. The highest BCUT2D eigenvalue weighted by Crippen LogP contribution is 2.20. The fourth-order valence-corrected chi connectivity index (χ4v) is 2.35. The van der Waals surface area contributed by atoms with Crippen LogP contribution >= 0.6 is 0 Å². The number of nitro benzene ring substituents is 1. The Morgan fingerprint density at radius 2 is 1.80 bits per heavy atom. The number of aryl methyl sites for hydroxylation is 2. The molecule has 0 heterocycles. The summed E-state index contributed by atoms with van der Waals surface area (Å²) in [5.74, 6) is -0.336. The van der Waals surface area contributed by atoms with Crippen molar-refractivity contribution in [3.05, 3.63) is 69.3 Å². The minimum Gasteiger partial charge on any atom is -0.373 e. The topological polar surface area (TPSA) is 96.6 Å². The third kappa shape index (κ3) is 4.63. The third-order valence-corrected chi connectivity index (χ3v) is 3.75. The molecule has 0 unspecified atom stereocenters. The fraction of sp³-hybridized carbons (Fsp3) is 0.222. The van der Waals surface area contributed by atoms with Crippen molar-refractivity contribution in [1.29, 1.82) is 0 Å². The second kappa shape index (κ2) is 8.05. The maximum atomic E-state index is 12.2. The van der Waals surface area contributed by atoms with Gasteiger partial charge in [0.15, 0.2) is 0 Å². The molecule has 1 amide bonds. The number of amides is 1. The molecule has 0 saturated heterocycles. The van der Waals surface area contributed by atoms with E-state index in [-0.39, 0.29) is 11.6 Å². The summed E-state index contributed by atoms with van der Waals surface area (Å²) in [5.41, 5.74) is 5.66. The van der Waals surface area contributed by atoms with E-state index < -0.39 is 11.0 Å². The molecule has 2 rings (SSSR count). The van der Waals surface area contributed by atoms with Gasteiger partial charge < -0.3 is 5.32 Å². The van der Waals surface area contributed by atoms with E-state index in [0.717, 1.165) is 16.8 Å². The van der Waals surface area contributed by atoms with Gasteiger partial charge in [0.25, 0.3) is 11.6 Å². The number of anilines is 1. The molecule has 25 heavy (non-hydrogen) atoms. The van der Waals surface area contributed by atoms with Crippen LogP contribution in [0.2, 0.25) is 0 Å². The van der Waals surface area contributed by atoms with Gasteiger partial charge in [0.1, 0.15) is 6.04 Å². The summed E-state index contributed by atoms with van der Waals surface area (Å²) in [7, 11) is 0. The van der Waals surface area contributed by atoms with Crippen molar-refractivity contribution < 1.29 is 9.72 Å². The predicted molar refractivity (Wildman–Crippen MR) is 97.8 cm³/mol. The first kappa shape index (κ1) is 18.1. The van der Waals surface area contributed by atoms with Gasteiger partial charge >= 0.3 is 0 Å². The van der Waals surface area contributed by atoms with E-state index in [1.807, 2.05) is 32.0 Å². The van der Waals surface area contributed by atoms with Crippen LogP contribution in [0.1, 0.15) is 23.6 Å². The maximum Gasteiger partial charge on any atom is 0.278 e. The molecule has 0 saturated carbocycles. The molecule has 0 aromatic heterocycles. The Bertz CT molecular complexity index is 797. The molecule has 0 bridgehead atoms. The van der Waals surface area contributed by atoms with Gasteiger partial charge in [0, 0.05) is 11.8 Å². The second-order valence-electron chi connectivity index (χ2n) is 5.68. The van der Waals surface area contributed by atoms with Crippen LogP contribution in [0.5, 0.6) is 0 Å². The van der Waals surface area contributed by atoms with Crippen LogP contribution in [0.3, 0.4) is 0 Å². The Kier molecular flexibility index (Phi) is 5.84. The fourth-order valence-electron chi connectivity index (χ4n) is 2.35. The zero-order chi connectivity index (χ0) is 18.4. The second-order valence-corrected chi connectivity index (χ2v) is 5.68. The third-order valence-electron chi connectivity index (χ3n) is 3.75. The highest BCUT2D eigenvalue weighted by molar-refractivity contribution is 5.88. The number of benzene rings is 2. The van der Waals surface area contributed by atoms with Crippen LogP contribution in [0.15, 0.2) is 47.6 Å². The molecule has 130 valence electrons. The summed E-state index contributed by atoms with van der Waals surface area (Å²) in [5, 5.41) is 17.9. The normalized spacial score (nSPS) is 12.0. The van der Waals surface area contributed by atoms with Crippen molar-refractivity contribution in [1.82, 2.24) is 5.43 Å². The minimum atomic E-state index is -0.511. The predicted octanol–water partition coefficient (Wildman–Crippen LogP) is 3.16. The highest BCUT2D eigenvalue weighted by Gasteiger charge is 2.14. The quantitative estimate of drug-likeness (QED) is 0.479. The number of nitro groups is 1. The standard InChI is InChI=1S/C18H20N4O3/c1-12-7-6-8-13(2)17(12)20-14(3)18(23)21-19-11-15-9-4-5-10-16(15)22(24)25/h4-11,14,20H,1-3H3,(H,21,23)/b19-11-/t14-/m0/s1. The van der Waals surface area contributed by atoms with Crippen LogP contribution in [0.4, 0.5) is 11.4 Å². The lowest BCUT2D eigenvalue weighted by atomic mass is 10.1. The average Bonchev–Trinajstić information content (AvgIpc) is 2.58. The van der Waals surface area contributed by atoms with Gasteiger partial charge in [0.05, 0.1) is 16.7 Å². The van der Waals surface area contributed by atoms with E-state index in [0.29, 0.717) is 5.56 Å². The number of nitrogens with one attached hydrogen (secondary N) is 2. The van der Waals surface area contributed by atoms with Crippen LogP contribution in [0, 0.1) is 24.0 Å². The first-order valence-electron chi connectivity index (χ1n) is 7.79. The summed E-state index contributed by atoms with van der Waals surface area (Å²) < 4.78 is 0. The van der Waals surface area contributed by atoms with Crippen molar-refractivity contribution in [3.63, 3.8) is 0 Å². The average molecular weight is 340 g/mol. The highest BCUT2D eigenvalue weighted by atomic mass is 16.6. The van der Waals surface area contributed by atoms with Crippen LogP contribution in [-0.2, 0) is 4.79 Å². The number of carbonyl (C=O) groups excluding carboxylic acids is 1. The lowest BCUT2D eigenvalue weighted by Crippen LogP contribution is -2.35. The van der Waals surface area contributed by atoms with Gasteiger partial charge in [0.2, 0.25) is 0 Å². The summed E-state index contributed by atoms with van der Waals surface area (Å²) in [6.45, 7) is 5.65. The summed E-state index contributed by atoms with van der Waals surface area (Å²) in [6.07, 6.45) is 1.27. The summed E-state index contributed by atoms with van der Waals surface area (Å²) >= 11 is 0. The van der Waals surface area contributed by atoms with E-state index in [1.165, 1.54) is 12.3 Å². The van der Waals surface area contributed by atoms with Crippen molar-refractivity contribution in [2.45, 2.75) is 26.8 Å². The van der Waals surface area contributed by atoms with E-state index in [1.54, 1.807) is 25.1 Å². The summed E-state index contributed by atoms with van der Waals surface area (Å²) in [4.78, 5) is 22.6. The van der Waals surface area contributed by atoms with Crippen molar-refractivity contribution in [2.75, 3.05) is 5.32 Å². The number of nitrogens with zero attached hydrogens (tertiary/aromatic N) is 2. The largest absolute Gasteiger partial charge is 0.373 e. The Labute approximate surface area is 145 Å². The first-order chi connectivity index (χ1) is 11.9. The van der Waals surface area contributed by atoms with Gasteiger partial charge in [-0.15, -0.1) is 0 Å². The van der Waals surface area contributed by atoms with Crippen molar-refractivity contribution in [2.24, 2.45) is 5.10 Å². The number of para-hydroxylation sites is 2. The summed E-state index contributed by atoms with van der Waals surface area (Å²) in [6, 6.07) is 11.6. The molecule has 0 aliphatic heterocycles. The Hall–Kier alpha value is -3.22. The Morgan fingerprint density at radius 3 is 2.44 bits per heavy atom. The van der Waals surface area contributed by atoms with Crippen molar-refractivity contribution >= 4 is 23.5 Å².